The Bertz CT molecular complexity index is 371. The Morgan fingerprint density at radius 1 is 1.29 bits per heavy atom. The maximum absolute atomic E-state index is 6.07. The van der Waals surface area contributed by atoms with Crippen LogP contribution in [0.3, 0.4) is 0 Å². The molecule has 1 fully saturated rings. The van der Waals surface area contributed by atoms with Crippen molar-refractivity contribution in [3.05, 3.63) is 0 Å². The molecule has 0 amide bonds. The van der Waals surface area contributed by atoms with E-state index in [1.165, 1.54) is 12.2 Å². The fraction of sp³-hybridized carbons (Fsp3) is 0.941. The maximum atomic E-state index is 6.07. The van der Waals surface area contributed by atoms with E-state index >= 15 is 0 Å². The number of aliphatic imine (C=N–C) groups is 1. The lowest BCUT2D eigenvalue weighted by atomic mass is 9.85. The van der Waals surface area contributed by atoms with Gasteiger partial charge in [0.15, 0.2) is 5.17 Å². The van der Waals surface area contributed by atoms with Crippen molar-refractivity contribution in [2.75, 3.05) is 12.4 Å². The van der Waals surface area contributed by atoms with Crippen molar-refractivity contribution in [3.8, 4) is 0 Å². The Morgan fingerprint density at radius 2 is 2.00 bits per heavy atom. The summed E-state index contributed by atoms with van der Waals surface area (Å²) in [5, 5.41) is 4.88. The summed E-state index contributed by atoms with van der Waals surface area (Å²) in [7, 11) is 0. The van der Waals surface area contributed by atoms with Crippen molar-refractivity contribution in [3.63, 3.8) is 0 Å². The van der Waals surface area contributed by atoms with Crippen LogP contribution in [0.1, 0.15) is 66.7 Å². The quantitative estimate of drug-likeness (QED) is 0.847. The average Bonchev–Trinajstić information content (AvgIpc) is 2.47. The van der Waals surface area contributed by atoms with Gasteiger partial charge in [0, 0.05) is 18.4 Å². The zero-order valence-electron chi connectivity index (χ0n) is 14.4. The highest BCUT2D eigenvalue weighted by molar-refractivity contribution is 8.13. The first-order valence-electron chi connectivity index (χ1n) is 8.49. The molecular weight excluding hydrogens is 280 g/mol. The number of ether oxygens (including phenoxy) is 1. The van der Waals surface area contributed by atoms with E-state index in [9.17, 15) is 0 Å². The number of nitrogens with zero attached hydrogens (tertiary/aromatic N) is 1. The van der Waals surface area contributed by atoms with Crippen molar-refractivity contribution in [1.29, 1.82) is 0 Å². The van der Waals surface area contributed by atoms with E-state index in [0.29, 0.717) is 12.1 Å². The van der Waals surface area contributed by atoms with Crippen LogP contribution in [0.4, 0.5) is 0 Å². The lowest BCUT2D eigenvalue weighted by molar-refractivity contribution is -0.0909. The highest BCUT2D eigenvalue weighted by Crippen LogP contribution is 2.33. The van der Waals surface area contributed by atoms with Gasteiger partial charge >= 0.3 is 0 Å². The third kappa shape index (κ3) is 4.38. The Kier molecular flexibility index (Phi) is 5.64. The first-order valence-corrected chi connectivity index (χ1v) is 9.48. The van der Waals surface area contributed by atoms with Gasteiger partial charge in [0.2, 0.25) is 0 Å². The van der Waals surface area contributed by atoms with Gasteiger partial charge in [-0.2, -0.15) is 0 Å². The van der Waals surface area contributed by atoms with Crippen LogP contribution in [-0.2, 0) is 4.74 Å². The van der Waals surface area contributed by atoms with Gasteiger partial charge in [-0.1, -0.05) is 46.4 Å². The number of hydrogen-bond acceptors (Lipinski definition) is 4. The minimum atomic E-state index is 0.0826. The van der Waals surface area contributed by atoms with Gasteiger partial charge in [-0.15, -0.1) is 0 Å². The molecule has 0 aromatic heterocycles. The molecule has 0 radical (unpaired) electrons. The molecule has 2 aliphatic rings. The van der Waals surface area contributed by atoms with Crippen LogP contribution in [0.15, 0.2) is 4.99 Å². The van der Waals surface area contributed by atoms with E-state index < -0.39 is 0 Å². The molecule has 2 heterocycles. The van der Waals surface area contributed by atoms with E-state index in [2.05, 4.69) is 39.9 Å². The molecule has 3 nitrogen and oxygen atoms in total. The van der Waals surface area contributed by atoms with Gasteiger partial charge in [-0.3, -0.25) is 4.99 Å². The lowest BCUT2D eigenvalue weighted by Crippen LogP contribution is -2.48. The van der Waals surface area contributed by atoms with Crippen LogP contribution in [-0.4, -0.2) is 35.2 Å². The predicted octanol–water partition coefficient (Wildman–Crippen LogP) is 4.22. The van der Waals surface area contributed by atoms with Gasteiger partial charge in [0.25, 0.3) is 0 Å². The molecule has 2 aliphatic heterocycles. The molecule has 0 aromatic rings. The first kappa shape index (κ1) is 17.1. The number of nitrogens with one attached hydrogen (secondary N) is 1. The van der Waals surface area contributed by atoms with Crippen LogP contribution in [0, 0.1) is 5.41 Å². The molecule has 2 unspecified atom stereocenters. The second-order valence-electron chi connectivity index (χ2n) is 7.53. The predicted molar refractivity (Wildman–Crippen MR) is 93.2 cm³/mol. The molecule has 0 bridgehead atoms. The van der Waals surface area contributed by atoms with Crippen LogP contribution in [0.5, 0.6) is 0 Å². The standard InChI is InChI=1S/C17H32N2OS/c1-6-17(7-2)12-13(8-10-20-17)18-15-19-14(9-11-21-15)16(3,4)5/h13-14H,6-12H2,1-5H3,(H,18,19). The van der Waals surface area contributed by atoms with Crippen molar-refractivity contribution in [1.82, 2.24) is 5.32 Å². The summed E-state index contributed by atoms with van der Waals surface area (Å²) in [5.41, 5.74) is 0.347. The summed E-state index contributed by atoms with van der Waals surface area (Å²) in [6.45, 7) is 12.2. The zero-order chi connectivity index (χ0) is 15.5. The van der Waals surface area contributed by atoms with Gasteiger partial charge in [0.1, 0.15) is 0 Å². The van der Waals surface area contributed by atoms with E-state index in [4.69, 9.17) is 9.73 Å². The second kappa shape index (κ2) is 6.91. The minimum absolute atomic E-state index is 0.0826. The van der Waals surface area contributed by atoms with Crippen LogP contribution >= 0.6 is 11.8 Å². The number of thioether (sulfide) groups is 1. The highest BCUT2D eigenvalue weighted by Gasteiger charge is 2.35. The third-order valence-corrected chi connectivity index (χ3v) is 5.95. The molecule has 21 heavy (non-hydrogen) atoms. The van der Waals surface area contributed by atoms with Crippen molar-refractivity contribution in [2.45, 2.75) is 84.4 Å². The summed E-state index contributed by atoms with van der Waals surface area (Å²) in [6, 6.07) is 0.965. The number of amidine groups is 1. The zero-order valence-corrected chi connectivity index (χ0v) is 15.2. The van der Waals surface area contributed by atoms with Gasteiger partial charge < -0.3 is 10.1 Å². The van der Waals surface area contributed by atoms with Gasteiger partial charge in [0.05, 0.1) is 11.6 Å². The molecule has 122 valence electrons. The molecule has 0 aromatic carbocycles. The van der Waals surface area contributed by atoms with Crippen molar-refractivity contribution in [2.24, 2.45) is 10.4 Å². The summed E-state index contributed by atoms with van der Waals surface area (Å²) >= 11 is 1.89. The number of rotatable bonds is 3. The molecule has 2 rings (SSSR count). The molecular formula is C17H32N2OS. The van der Waals surface area contributed by atoms with Crippen molar-refractivity contribution < 1.29 is 4.74 Å². The largest absolute Gasteiger partial charge is 0.375 e. The Labute approximate surface area is 134 Å². The Morgan fingerprint density at radius 3 is 2.62 bits per heavy atom. The van der Waals surface area contributed by atoms with Gasteiger partial charge in [-0.25, -0.2) is 0 Å². The molecule has 0 spiro atoms. The number of hydrogen-bond donors (Lipinski definition) is 1. The van der Waals surface area contributed by atoms with Crippen LogP contribution in [0.2, 0.25) is 0 Å². The first-order chi connectivity index (χ1) is 9.88. The minimum Gasteiger partial charge on any atom is -0.375 e. The van der Waals surface area contributed by atoms with Crippen molar-refractivity contribution >= 4 is 16.9 Å². The van der Waals surface area contributed by atoms with Crippen LogP contribution < -0.4 is 5.32 Å². The fourth-order valence-electron chi connectivity index (χ4n) is 3.28. The topological polar surface area (TPSA) is 33.6 Å². The summed E-state index contributed by atoms with van der Waals surface area (Å²) in [5.74, 6) is 1.18. The molecule has 1 N–H and O–H groups in total. The smallest absolute Gasteiger partial charge is 0.157 e. The van der Waals surface area contributed by atoms with Gasteiger partial charge in [-0.05, 0) is 37.5 Å². The lowest BCUT2D eigenvalue weighted by Gasteiger charge is -2.41. The molecule has 2 atom stereocenters. The maximum Gasteiger partial charge on any atom is 0.157 e. The normalized spacial score (nSPS) is 29.9. The monoisotopic (exact) mass is 312 g/mol. The molecule has 0 saturated carbocycles. The second-order valence-corrected chi connectivity index (χ2v) is 8.61. The highest BCUT2D eigenvalue weighted by atomic mass is 32.2. The summed E-state index contributed by atoms with van der Waals surface area (Å²) < 4.78 is 6.07. The summed E-state index contributed by atoms with van der Waals surface area (Å²) in [4.78, 5) is 4.97. The average molecular weight is 313 g/mol. The van der Waals surface area contributed by atoms with E-state index in [0.717, 1.165) is 37.5 Å². The Balaban J connectivity index is 1.99. The van der Waals surface area contributed by atoms with E-state index in [-0.39, 0.29) is 11.0 Å². The molecule has 4 heteroatoms. The van der Waals surface area contributed by atoms with E-state index in [1.54, 1.807) is 0 Å². The van der Waals surface area contributed by atoms with Crippen LogP contribution in [0.25, 0.3) is 0 Å². The SMILES string of the molecule is CCC1(CC)CC(NC2=NC(C(C)(C)C)CCS2)CCO1. The fourth-order valence-corrected chi connectivity index (χ4v) is 4.27. The third-order valence-electron chi connectivity index (χ3n) is 5.01. The molecule has 1 saturated heterocycles. The summed E-state index contributed by atoms with van der Waals surface area (Å²) in [6.07, 6.45) is 5.61. The Hall–Kier alpha value is -0.220. The van der Waals surface area contributed by atoms with E-state index in [1.807, 2.05) is 11.8 Å². The molecule has 0 aliphatic carbocycles.